The molecular weight excluding hydrogens is 374 g/mol. The van der Waals surface area contributed by atoms with Gasteiger partial charge < -0.3 is 15.2 Å². The molecule has 0 saturated heterocycles. The van der Waals surface area contributed by atoms with E-state index in [2.05, 4.69) is 17.4 Å². The van der Waals surface area contributed by atoms with Crippen molar-refractivity contribution in [2.24, 2.45) is 0 Å². The maximum atomic E-state index is 12.3. The lowest BCUT2D eigenvalue weighted by molar-refractivity contribution is -0.139. The van der Waals surface area contributed by atoms with Gasteiger partial charge in [0.2, 0.25) is 0 Å². The minimum absolute atomic E-state index is 0.0567. The van der Waals surface area contributed by atoms with E-state index in [4.69, 9.17) is 4.74 Å². The van der Waals surface area contributed by atoms with Crippen molar-refractivity contribution in [2.45, 2.75) is 18.4 Å². The fourth-order valence-electron chi connectivity index (χ4n) is 3.61. The van der Waals surface area contributed by atoms with Crippen LogP contribution in [0.3, 0.4) is 0 Å². The highest BCUT2D eigenvalue weighted by Crippen LogP contribution is 2.44. The quantitative estimate of drug-likeness (QED) is 0.655. The Morgan fingerprint density at radius 3 is 2.21 bits per heavy atom. The summed E-state index contributed by atoms with van der Waals surface area (Å²) in [6.45, 7) is 0.158. The van der Waals surface area contributed by atoms with Gasteiger partial charge in [-0.3, -0.25) is 0 Å². The molecule has 0 fully saturated rings. The SMILES string of the molecule is O=C(N[C@H](Cc1cccs1)C(=O)O)OCC1c2ccccc2-c2ccccc21. The summed E-state index contributed by atoms with van der Waals surface area (Å²) in [6.07, 6.45) is -0.484. The molecule has 1 aliphatic rings. The van der Waals surface area contributed by atoms with E-state index in [0.717, 1.165) is 27.1 Å². The van der Waals surface area contributed by atoms with Gasteiger partial charge in [0.05, 0.1) is 0 Å². The number of hydrogen-bond acceptors (Lipinski definition) is 4. The number of benzene rings is 2. The van der Waals surface area contributed by atoms with E-state index in [-0.39, 0.29) is 18.9 Å². The number of amides is 1. The van der Waals surface area contributed by atoms with Gasteiger partial charge in [0, 0.05) is 17.2 Å². The third-order valence-electron chi connectivity index (χ3n) is 4.92. The molecule has 28 heavy (non-hydrogen) atoms. The fraction of sp³-hybridized carbons (Fsp3) is 0.182. The highest BCUT2D eigenvalue weighted by Gasteiger charge is 2.29. The zero-order valence-corrected chi connectivity index (χ0v) is 15.8. The molecule has 0 spiro atoms. The predicted molar refractivity (Wildman–Crippen MR) is 108 cm³/mol. The molecule has 0 saturated carbocycles. The van der Waals surface area contributed by atoms with E-state index in [1.54, 1.807) is 0 Å². The average Bonchev–Trinajstić information content (AvgIpc) is 3.32. The zero-order chi connectivity index (χ0) is 19.5. The van der Waals surface area contributed by atoms with E-state index in [9.17, 15) is 14.7 Å². The number of ether oxygens (including phenoxy) is 1. The molecule has 1 aliphatic carbocycles. The van der Waals surface area contributed by atoms with Crippen LogP contribution in [0.15, 0.2) is 66.0 Å². The van der Waals surface area contributed by atoms with Crippen molar-refractivity contribution in [1.29, 1.82) is 0 Å². The average molecular weight is 393 g/mol. The first kappa shape index (κ1) is 18.3. The van der Waals surface area contributed by atoms with Crippen LogP contribution in [0.5, 0.6) is 0 Å². The summed E-state index contributed by atoms with van der Waals surface area (Å²) in [5, 5.41) is 13.7. The molecule has 1 aromatic heterocycles. The van der Waals surface area contributed by atoms with Crippen LogP contribution in [-0.2, 0) is 16.0 Å². The molecule has 142 valence electrons. The Kier molecular flexibility index (Phi) is 5.12. The van der Waals surface area contributed by atoms with Gasteiger partial charge in [-0.15, -0.1) is 11.3 Å². The van der Waals surface area contributed by atoms with Crippen LogP contribution in [0.25, 0.3) is 11.1 Å². The molecule has 1 atom stereocenters. The van der Waals surface area contributed by atoms with Crippen LogP contribution in [0.4, 0.5) is 4.79 Å². The number of hydrogen-bond donors (Lipinski definition) is 2. The van der Waals surface area contributed by atoms with Gasteiger partial charge >= 0.3 is 12.1 Å². The van der Waals surface area contributed by atoms with Gasteiger partial charge in [0.25, 0.3) is 0 Å². The maximum Gasteiger partial charge on any atom is 0.407 e. The summed E-state index contributed by atoms with van der Waals surface area (Å²) in [7, 11) is 0. The van der Waals surface area contributed by atoms with Crippen molar-refractivity contribution < 1.29 is 19.4 Å². The molecule has 6 heteroatoms. The Morgan fingerprint density at radius 2 is 1.64 bits per heavy atom. The van der Waals surface area contributed by atoms with Gasteiger partial charge in [-0.2, -0.15) is 0 Å². The van der Waals surface area contributed by atoms with E-state index in [0.29, 0.717) is 0 Å². The monoisotopic (exact) mass is 393 g/mol. The lowest BCUT2D eigenvalue weighted by atomic mass is 9.98. The summed E-state index contributed by atoms with van der Waals surface area (Å²) in [6, 6.07) is 18.8. The van der Waals surface area contributed by atoms with Crippen LogP contribution >= 0.6 is 11.3 Å². The molecule has 1 heterocycles. The van der Waals surface area contributed by atoms with Crippen LogP contribution in [0.1, 0.15) is 21.9 Å². The lowest BCUT2D eigenvalue weighted by Gasteiger charge is -2.17. The van der Waals surface area contributed by atoms with Gasteiger partial charge in [0.1, 0.15) is 12.6 Å². The van der Waals surface area contributed by atoms with Crippen molar-refractivity contribution in [2.75, 3.05) is 6.61 Å². The number of carboxylic acid groups (broad SMARTS) is 1. The summed E-state index contributed by atoms with van der Waals surface area (Å²) in [4.78, 5) is 24.7. The minimum atomic E-state index is -1.08. The number of carbonyl (C=O) groups is 2. The Bertz CT molecular complexity index is 954. The second-order valence-corrected chi connectivity index (χ2v) is 7.68. The van der Waals surface area contributed by atoms with Gasteiger partial charge in [-0.05, 0) is 33.7 Å². The number of alkyl carbamates (subject to hydrolysis) is 1. The van der Waals surface area contributed by atoms with Crippen molar-refractivity contribution in [1.82, 2.24) is 5.32 Å². The first-order valence-electron chi connectivity index (χ1n) is 9.00. The Morgan fingerprint density at radius 1 is 1.00 bits per heavy atom. The van der Waals surface area contributed by atoms with Crippen LogP contribution < -0.4 is 5.32 Å². The molecule has 0 aliphatic heterocycles. The Balaban J connectivity index is 1.44. The molecule has 3 aromatic rings. The topological polar surface area (TPSA) is 75.6 Å². The number of thiophene rings is 1. The first-order chi connectivity index (χ1) is 13.6. The number of nitrogens with one attached hydrogen (secondary N) is 1. The molecule has 0 radical (unpaired) electrons. The predicted octanol–water partition coefficient (Wildman–Crippen LogP) is 4.28. The van der Waals surface area contributed by atoms with E-state index in [1.165, 1.54) is 11.3 Å². The number of fused-ring (bicyclic) bond motifs is 3. The Hall–Kier alpha value is -3.12. The van der Waals surface area contributed by atoms with Crippen molar-refractivity contribution in [3.05, 3.63) is 82.0 Å². The normalized spacial score (nSPS) is 13.4. The molecular formula is C22H19NO4S. The standard InChI is InChI=1S/C22H19NO4S/c24-21(25)20(12-14-6-5-11-28-14)23-22(26)27-13-19-17-9-3-1-7-15(17)16-8-2-4-10-18(16)19/h1-11,19-20H,12-13H2,(H,23,26)(H,24,25)/t20-/m1/s1. The number of aliphatic carboxylic acids is 1. The Labute approximate surface area is 166 Å². The zero-order valence-electron chi connectivity index (χ0n) is 15.0. The van der Waals surface area contributed by atoms with E-state index in [1.807, 2.05) is 53.9 Å². The summed E-state index contributed by atoms with van der Waals surface area (Å²) in [5.41, 5.74) is 4.52. The maximum absolute atomic E-state index is 12.3. The third kappa shape index (κ3) is 3.64. The molecule has 1 amide bonds. The third-order valence-corrected chi connectivity index (χ3v) is 5.82. The van der Waals surface area contributed by atoms with Crippen molar-refractivity contribution >= 4 is 23.4 Å². The lowest BCUT2D eigenvalue weighted by Crippen LogP contribution is -2.42. The largest absolute Gasteiger partial charge is 0.480 e. The highest BCUT2D eigenvalue weighted by molar-refractivity contribution is 7.09. The second-order valence-electron chi connectivity index (χ2n) is 6.64. The smallest absolute Gasteiger partial charge is 0.407 e. The number of carbonyl (C=O) groups excluding carboxylic acids is 1. The number of carboxylic acids is 1. The summed E-state index contributed by atoms with van der Waals surface area (Å²) < 4.78 is 5.43. The van der Waals surface area contributed by atoms with E-state index >= 15 is 0 Å². The summed E-state index contributed by atoms with van der Waals surface area (Å²) in [5.74, 6) is -1.14. The highest BCUT2D eigenvalue weighted by atomic mass is 32.1. The molecule has 2 aromatic carbocycles. The van der Waals surface area contributed by atoms with Crippen LogP contribution in [0.2, 0.25) is 0 Å². The van der Waals surface area contributed by atoms with Gasteiger partial charge in [0.15, 0.2) is 0 Å². The first-order valence-corrected chi connectivity index (χ1v) is 9.88. The van der Waals surface area contributed by atoms with Crippen molar-refractivity contribution in [3.8, 4) is 11.1 Å². The van der Waals surface area contributed by atoms with Gasteiger partial charge in [-0.25, -0.2) is 9.59 Å². The van der Waals surface area contributed by atoms with Crippen LogP contribution in [-0.4, -0.2) is 29.8 Å². The molecule has 5 nitrogen and oxygen atoms in total. The second kappa shape index (κ2) is 7.86. The van der Waals surface area contributed by atoms with Gasteiger partial charge in [-0.1, -0.05) is 54.6 Å². The van der Waals surface area contributed by atoms with Crippen LogP contribution in [0, 0.1) is 0 Å². The van der Waals surface area contributed by atoms with E-state index < -0.39 is 18.1 Å². The van der Waals surface area contributed by atoms with Crippen molar-refractivity contribution in [3.63, 3.8) is 0 Å². The summed E-state index contributed by atoms with van der Waals surface area (Å²) >= 11 is 1.46. The number of rotatable bonds is 6. The fourth-order valence-corrected chi connectivity index (χ4v) is 4.36. The molecule has 2 N–H and O–H groups in total. The molecule has 4 rings (SSSR count). The molecule has 0 bridgehead atoms. The minimum Gasteiger partial charge on any atom is -0.480 e. The molecule has 0 unspecified atom stereocenters.